The summed E-state index contributed by atoms with van der Waals surface area (Å²) in [5.74, 6) is 1.02. The predicted octanol–water partition coefficient (Wildman–Crippen LogP) is 22.0. The molecule has 0 spiro atoms. The van der Waals surface area contributed by atoms with E-state index in [9.17, 15) is 8.42 Å². The standard InChI is InChI=1S/C34H64O5SSi.C34H64O2SSi/c1-8-9-10-11-12-13-14-15-16-17-18-19-20-21-22-23-28-37-29-32(30-38-41(6,7)34(3,4)5)39-40(35,36)33-26-24-31(2)25-27-33;1-7-8-9-10-11-12-13-14-15-16-17-18-19-20-21-25-28-35-29-33(30-36-38(5,6)34(2,3)4)37-31-32-26-23-22-24-27-32/h24-27,32H,8-23,28-30H2,1-7H3;22-24,26-27,33H,7-21,25,28-31H2,1-6H3/t32-;33-/m01/s1. The first-order valence-electron chi connectivity index (χ1n) is 32.7. The summed E-state index contributed by atoms with van der Waals surface area (Å²) in [5, 5.41) is 0.670. The Morgan fingerprint density at radius 3 is 1.15 bits per heavy atom. The van der Waals surface area contributed by atoms with Crippen LogP contribution in [0, 0.1) is 6.92 Å². The van der Waals surface area contributed by atoms with Gasteiger partial charge in [0.25, 0.3) is 10.1 Å². The van der Waals surface area contributed by atoms with Gasteiger partial charge < -0.3 is 18.3 Å². The molecule has 0 aliphatic carbocycles. The number of benzene rings is 2. The van der Waals surface area contributed by atoms with Crippen LogP contribution in [0.4, 0.5) is 0 Å². The number of hydrogen-bond donors (Lipinski definition) is 0. The van der Waals surface area contributed by atoms with Crippen molar-refractivity contribution in [3.05, 3.63) is 65.7 Å². The highest BCUT2D eigenvalue weighted by Gasteiger charge is 2.39. The normalized spacial score (nSPS) is 13.4. The summed E-state index contributed by atoms with van der Waals surface area (Å²) in [7, 11) is -7.69. The number of rotatable bonds is 50. The van der Waals surface area contributed by atoms with Crippen molar-refractivity contribution in [3.63, 3.8) is 0 Å². The van der Waals surface area contributed by atoms with Crippen LogP contribution < -0.4 is 0 Å². The van der Waals surface area contributed by atoms with Crippen LogP contribution in [0.25, 0.3) is 0 Å². The van der Waals surface area contributed by atoms with E-state index in [1.54, 1.807) is 24.3 Å². The Kier molecular flexibility index (Phi) is 44.5. The Morgan fingerprint density at radius 2 is 0.785 bits per heavy atom. The van der Waals surface area contributed by atoms with Crippen LogP contribution in [0.1, 0.15) is 272 Å². The molecule has 462 valence electrons. The molecule has 2 atom stereocenters. The summed E-state index contributed by atoms with van der Waals surface area (Å²) >= 11 is 1.99. The Morgan fingerprint density at radius 1 is 0.443 bits per heavy atom. The first-order chi connectivity index (χ1) is 37.6. The number of thioether (sulfide) groups is 1. The van der Waals surface area contributed by atoms with Crippen molar-refractivity contribution in [2.24, 2.45) is 0 Å². The zero-order chi connectivity index (χ0) is 58.6. The smallest absolute Gasteiger partial charge is 0.297 e. The molecule has 0 saturated heterocycles. The maximum absolute atomic E-state index is 12.9. The third-order valence-electron chi connectivity index (χ3n) is 16.7. The fraction of sp³-hybridized carbons (Fsp3) is 0.824. The number of aryl methyl sites for hydroxylation is 1. The molecule has 0 aromatic heterocycles. The molecule has 0 saturated carbocycles. The fourth-order valence-electron chi connectivity index (χ4n) is 8.95. The van der Waals surface area contributed by atoms with Crippen molar-refractivity contribution in [1.82, 2.24) is 0 Å². The molecule has 0 amide bonds. The molecule has 0 aliphatic rings. The van der Waals surface area contributed by atoms with Gasteiger partial charge >= 0.3 is 0 Å². The molecule has 0 radical (unpaired) electrons. The minimum Gasteiger partial charge on any atom is -0.416 e. The van der Waals surface area contributed by atoms with Gasteiger partial charge in [-0.25, -0.2) is 0 Å². The van der Waals surface area contributed by atoms with Gasteiger partial charge in [0.2, 0.25) is 0 Å². The second-order valence-electron chi connectivity index (χ2n) is 26.3. The summed E-state index contributed by atoms with van der Waals surface area (Å²) in [5.41, 5.74) is 2.39. The van der Waals surface area contributed by atoms with Gasteiger partial charge in [0.05, 0.1) is 30.0 Å². The zero-order valence-electron chi connectivity index (χ0n) is 54.1. The largest absolute Gasteiger partial charge is 0.416 e. The second kappa shape index (κ2) is 46.3. The highest BCUT2D eigenvalue weighted by atomic mass is 32.2. The minimum absolute atomic E-state index is 0.0296. The molecular formula is C68H128O7S2Si2. The van der Waals surface area contributed by atoms with Crippen LogP contribution in [0.3, 0.4) is 0 Å². The third kappa shape index (κ3) is 40.8. The fourth-order valence-corrected chi connectivity index (χ4v) is 13.2. The first kappa shape index (κ1) is 76.0. The molecular weight excluding hydrogens is 1050 g/mol. The molecule has 79 heavy (non-hydrogen) atoms. The second-order valence-corrected chi connectivity index (χ2v) is 38.8. The van der Waals surface area contributed by atoms with Gasteiger partial charge in [-0.3, -0.25) is 4.18 Å². The van der Waals surface area contributed by atoms with Crippen LogP contribution in [0.2, 0.25) is 36.3 Å². The van der Waals surface area contributed by atoms with E-state index in [-0.39, 0.29) is 28.2 Å². The molecule has 2 rings (SSSR count). The molecule has 2 aromatic rings. The van der Waals surface area contributed by atoms with Gasteiger partial charge in [0, 0.05) is 25.6 Å². The zero-order valence-corrected chi connectivity index (χ0v) is 57.7. The minimum atomic E-state index is -3.90. The van der Waals surface area contributed by atoms with Crippen molar-refractivity contribution in [3.8, 4) is 0 Å². The maximum atomic E-state index is 12.9. The molecule has 0 heterocycles. The van der Waals surface area contributed by atoms with E-state index in [0.717, 1.165) is 44.0 Å². The Labute approximate surface area is 497 Å². The van der Waals surface area contributed by atoms with Gasteiger partial charge in [-0.15, -0.1) is 11.8 Å². The van der Waals surface area contributed by atoms with E-state index in [0.29, 0.717) is 11.9 Å². The van der Waals surface area contributed by atoms with Crippen LogP contribution in [0.5, 0.6) is 0 Å². The quantitative estimate of drug-likeness (QED) is 0.0368. The summed E-state index contributed by atoms with van der Waals surface area (Å²) in [6, 6.07) is 17.5. The number of unbranched alkanes of at least 4 members (excludes halogenated alkanes) is 30. The van der Waals surface area contributed by atoms with Crippen molar-refractivity contribution < 1.29 is 30.9 Å². The van der Waals surface area contributed by atoms with Crippen molar-refractivity contribution in [2.45, 2.75) is 326 Å². The lowest BCUT2D eigenvalue weighted by atomic mass is 10.0. The lowest BCUT2D eigenvalue weighted by molar-refractivity contribution is 0.0247. The van der Waals surface area contributed by atoms with Crippen LogP contribution in [-0.4, -0.2) is 76.0 Å². The molecule has 2 aromatic carbocycles. The number of hydrogen-bond acceptors (Lipinski definition) is 8. The lowest BCUT2D eigenvalue weighted by Crippen LogP contribution is -2.44. The summed E-state index contributed by atoms with van der Waals surface area (Å²) < 4.78 is 56.5. The Balaban J connectivity index is 0.000000792. The van der Waals surface area contributed by atoms with Crippen LogP contribution in [-0.2, 0) is 38.4 Å². The first-order valence-corrected chi connectivity index (χ1v) is 41.0. The van der Waals surface area contributed by atoms with Crippen LogP contribution >= 0.6 is 11.8 Å². The lowest BCUT2D eigenvalue weighted by Gasteiger charge is -2.37. The van der Waals surface area contributed by atoms with Crippen molar-refractivity contribution in [1.29, 1.82) is 0 Å². The third-order valence-corrected chi connectivity index (χ3v) is 28.3. The van der Waals surface area contributed by atoms with Crippen molar-refractivity contribution in [2.75, 3.05) is 39.6 Å². The molecule has 0 N–H and O–H groups in total. The average Bonchev–Trinajstić information content (AvgIpc) is 3.40. The van der Waals surface area contributed by atoms with Gasteiger partial charge in [-0.1, -0.05) is 296 Å². The van der Waals surface area contributed by atoms with Gasteiger partial charge in [-0.05, 0) is 73.7 Å². The molecule has 11 heteroatoms. The number of ether oxygens (including phenoxy) is 2. The molecule has 0 fully saturated rings. The summed E-state index contributed by atoms with van der Waals surface area (Å²) in [6.45, 7) is 32.5. The van der Waals surface area contributed by atoms with E-state index in [1.165, 1.54) is 198 Å². The van der Waals surface area contributed by atoms with E-state index in [1.807, 2.05) is 18.7 Å². The molecule has 0 aliphatic heterocycles. The van der Waals surface area contributed by atoms with Gasteiger partial charge in [-0.2, -0.15) is 8.42 Å². The topological polar surface area (TPSA) is 80.3 Å². The molecule has 7 nitrogen and oxygen atoms in total. The van der Waals surface area contributed by atoms with E-state index < -0.39 is 32.9 Å². The predicted molar refractivity (Wildman–Crippen MR) is 352 cm³/mol. The average molecular weight is 1180 g/mol. The van der Waals surface area contributed by atoms with E-state index in [2.05, 4.69) is 112 Å². The van der Waals surface area contributed by atoms with Gasteiger partial charge in [0.15, 0.2) is 16.6 Å². The Hall–Kier alpha value is -1.03. The van der Waals surface area contributed by atoms with Gasteiger partial charge in [0.1, 0.15) is 6.10 Å². The Bertz CT molecular complexity index is 1780. The van der Waals surface area contributed by atoms with E-state index >= 15 is 0 Å². The highest BCUT2D eigenvalue weighted by molar-refractivity contribution is 7.99. The van der Waals surface area contributed by atoms with Crippen molar-refractivity contribution >= 4 is 38.5 Å². The molecule has 0 unspecified atom stereocenters. The summed E-state index contributed by atoms with van der Waals surface area (Å²) in [4.78, 5) is 0.165. The monoisotopic (exact) mass is 1180 g/mol. The highest BCUT2D eigenvalue weighted by Crippen LogP contribution is 2.38. The maximum Gasteiger partial charge on any atom is 0.297 e. The SMILES string of the molecule is CCCCCCCCCCCCCCCCCCOC[C@@H](CO[Si](C)(C)C(C)(C)C)OS(=O)(=O)c1ccc(C)cc1.CCCCCCCCCCCCCCCCCCOC[C@H](CO[Si](C)(C)C(C)(C)C)SCc1ccccc1. The van der Waals surface area contributed by atoms with E-state index in [4.69, 9.17) is 22.5 Å². The molecule has 0 bridgehead atoms. The summed E-state index contributed by atoms with van der Waals surface area (Å²) in [6.07, 6.45) is 43.2. The van der Waals surface area contributed by atoms with Crippen LogP contribution in [0.15, 0.2) is 59.5 Å².